The molecule has 2 rings (SSSR count). The average Bonchev–Trinajstić information content (AvgIpc) is 2.36. The van der Waals surface area contributed by atoms with Crippen LogP contribution in [0.1, 0.15) is 5.69 Å². The summed E-state index contributed by atoms with van der Waals surface area (Å²) in [5, 5.41) is 13.3. The predicted octanol–water partition coefficient (Wildman–Crippen LogP) is 2.28. The van der Waals surface area contributed by atoms with Crippen molar-refractivity contribution in [3.63, 3.8) is 0 Å². The molecule has 98 valence electrons. The number of hydrogen-bond donors (Lipinski definition) is 1. The normalized spacial score (nSPS) is 10.2. The van der Waals surface area contributed by atoms with Gasteiger partial charge in [-0.15, -0.1) is 0 Å². The lowest BCUT2D eigenvalue weighted by atomic mass is 10.2. The summed E-state index contributed by atoms with van der Waals surface area (Å²) in [6.07, 6.45) is 2.79. The Labute approximate surface area is 106 Å². The van der Waals surface area contributed by atoms with Gasteiger partial charge in [0, 0.05) is 18.3 Å². The highest BCUT2D eigenvalue weighted by Gasteiger charge is 2.21. The molecular formula is C11H8F2N4O2. The molecule has 8 heteroatoms. The average molecular weight is 266 g/mol. The molecule has 0 aliphatic carbocycles. The highest BCUT2D eigenvalue weighted by atomic mass is 19.1. The van der Waals surface area contributed by atoms with Crippen LogP contribution in [0.25, 0.3) is 0 Å². The standard InChI is InChI=1S/C11H8F2N4O2/c12-7-3-9(13)11(17(18)19)10(4-7)15-5-8-1-2-14-6-16-8/h1-4,6,15H,5H2. The maximum atomic E-state index is 13.3. The highest BCUT2D eigenvalue weighted by molar-refractivity contribution is 5.62. The monoisotopic (exact) mass is 266 g/mol. The summed E-state index contributed by atoms with van der Waals surface area (Å²) in [6, 6.07) is 2.91. The third kappa shape index (κ3) is 2.97. The van der Waals surface area contributed by atoms with Crippen LogP contribution in [0.4, 0.5) is 20.2 Å². The summed E-state index contributed by atoms with van der Waals surface area (Å²) in [4.78, 5) is 17.4. The second-order valence-electron chi connectivity index (χ2n) is 3.60. The molecule has 1 N–H and O–H groups in total. The summed E-state index contributed by atoms with van der Waals surface area (Å²) in [5.41, 5.74) is -0.495. The molecule has 19 heavy (non-hydrogen) atoms. The molecule has 0 amide bonds. The molecule has 0 fully saturated rings. The van der Waals surface area contributed by atoms with Gasteiger partial charge in [0.1, 0.15) is 17.8 Å². The maximum absolute atomic E-state index is 13.3. The van der Waals surface area contributed by atoms with Crippen molar-refractivity contribution >= 4 is 11.4 Å². The lowest BCUT2D eigenvalue weighted by Crippen LogP contribution is -2.06. The van der Waals surface area contributed by atoms with Gasteiger partial charge in [-0.25, -0.2) is 14.4 Å². The zero-order valence-electron chi connectivity index (χ0n) is 9.51. The third-order valence-corrected chi connectivity index (χ3v) is 2.31. The number of nitrogens with zero attached hydrogens (tertiary/aromatic N) is 3. The number of anilines is 1. The number of halogens is 2. The minimum absolute atomic E-state index is 0.0895. The van der Waals surface area contributed by atoms with Gasteiger partial charge in [-0.1, -0.05) is 0 Å². The molecule has 0 spiro atoms. The Morgan fingerprint density at radius 1 is 1.37 bits per heavy atom. The van der Waals surface area contributed by atoms with Crippen molar-refractivity contribution in [1.29, 1.82) is 0 Å². The molecule has 2 aromatic rings. The second-order valence-corrected chi connectivity index (χ2v) is 3.60. The number of hydrogen-bond acceptors (Lipinski definition) is 5. The van der Waals surface area contributed by atoms with E-state index in [0.717, 1.165) is 6.07 Å². The first-order chi connectivity index (χ1) is 9.08. The Bertz CT molecular complexity index is 607. The molecule has 0 bridgehead atoms. The quantitative estimate of drug-likeness (QED) is 0.678. The van der Waals surface area contributed by atoms with Gasteiger partial charge in [0.25, 0.3) is 0 Å². The third-order valence-electron chi connectivity index (χ3n) is 2.31. The van der Waals surface area contributed by atoms with Gasteiger partial charge in [-0.3, -0.25) is 10.1 Å². The Kier molecular flexibility index (Phi) is 3.60. The molecule has 0 aliphatic rings. The molecule has 0 radical (unpaired) electrons. The summed E-state index contributed by atoms with van der Waals surface area (Å²) in [7, 11) is 0. The van der Waals surface area contributed by atoms with Gasteiger partial charge in [0.15, 0.2) is 0 Å². The van der Waals surface area contributed by atoms with Crippen LogP contribution in [0.15, 0.2) is 30.7 Å². The fraction of sp³-hybridized carbons (Fsp3) is 0.0909. The molecule has 1 aromatic heterocycles. The summed E-state index contributed by atoms with van der Waals surface area (Å²) in [6.45, 7) is 0.0895. The van der Waals surface area contributed by atoms with E-state index in [1.54, 1.807) is 6.07 Å². The van der Waals surface area contributed by atoms with Crippen molar-refractivity contribution in [1.82, 2.24) is 9.97 Å². The van der Waals surface area contributed by atoms with Crippen molar-refractivity contribution < 1.29 is 13.7 Å². The molecule has 0 saturated heterocycles. The lowest BCUT2D eigenvalue weighted by molar-refractivity contribution is -0.386. The Balaban J connectivity index is 2.27. The molecule has 6 nitrogen and oxygen atoms in total. The molecule has 0 saturated carbocycles. The van der Waals surface area contributed by atoms with Crippen LogP contribution in [0.2, 0.25) is 0 Å². The smallest absolute Gasteiger partial charge is 0.327 e. The van der Waals surface area contributed by atoms with Crippen LogP contribution < -0.4 is 5.32 Å². The van der Waals surface area contributed by atoms with Gasteiger partial charge >= 0.3 is 5.69 Å². The number of benzene rings is 1. The Hall–Kier alpha value is -2.64. The van der Waals surface area contributed by atoms with Crippen LogP contribution in [0.3, 0.4) is 0 Å². The largest absolute Gasteiger partial charge is 0.374 e. The molecular weight excluding hydrogens is 258 g/mol. The first kappa shape index (κ1) is 12.8. The van der Waals surface area contributed by atoms with Crippen molar-refractivity contribution in [2.24, 2.45) is 0 Å². The van der Waals surface area contributed by atoms with Gasteiger partial charge in [-0.2, -0.15) is 4.39 Å². The fourth-order valence-electron chi connectivity index (χ4n) is 1.49. The van der Waals surface area contributed by atoms with E-state index < -0.39 is 22.2 Å². The van der Waals surface area contributed by atoms with Crippen molar-refractivity contribution in [3.8, 4) is 0 Å². The topological polar surface area (TPSA) is 81.0 Å². The van der Waals surface area contributed by atoms with Gasteiger partial charge in [0.2, 0.25) is 5.82 Å². The van der Waals surface area contributed by atoms with Gasteiger partial charge in [0.05, 0.1) is 17.2 Å². The van der Waals surface area contributed by atoms with E-state index in [-0.39, 0.29) is 12.2 Å². The number of nitro groups is 1. The SMILES string of the molecule is O=[N+]([O-])c1c(F)cc(F)cc1NCc1ccncn1. The van der Waals surface area contributed by atoms with Crippen molar-refractivity contribution in [2.75, 3.05) is 5.32 Å². The van der Waals surface area contributed by atoms with E-state index in [9.17, 15) is 18.9 Å². The number of nitrogens with one attached hydrogen (secondary N) is 1. The van der Waals surface area contributed by atoms with Crippen LogP contribution in [-0.2, 0) is 6.54 Å². The number of aromatic nitrogens is 2. The second kappa shape index (κ2) is 5.34. The van der Waals surface area contributed by atoms with E-state index in [2.05, 4.69) is 15.3 Å². The Morgan fingerprint density at radius 2 is 2.16 bits per heavy atom. The van der Waals surface area contributed by atoms with Crippen LogP contribution >= 0.6 is 0 Å². The molecule has 1 aromatic carbocycles. The molecule has 0 unspecified atom stereocenters. The zero-order chi connectivity index (χ0) is 13.8. The lowest BCUT2D eigenvalue weighted by Gasteiger charge is -2.07. The van der Waals surface area contributed by atoms with Crippen LogP contribution in [-0.4, -0.2) is 14.9 Å². The van der Waals surface area contributed by atoms with Gasteiger partial charge in [-0.05, 0) is 6.07 Å². The first-order valence-electron chi connectivity index (χ1n) is 5.20. The minimum atomic E-state index is -1.23. The summed E-state index contributed by atoms with van der Waals surface area (Å²) < 4.78 is 26.4. The minimum Gasteiger partial charge on any atom is -0.374 e. The predicted molar refractivity (Wildman–Crippen MR) is 62.4 cm³/mol. The zero-order valence-corrected chi connectivity index (χ0v) is 9.51. The Morgan fingerprint density at radius 3 is 2.79 bits per heavy atom. The number of rotatable bonds is 4. The maximum Gasteiger partial charge on any atom is 0.327 e. The highest BCUT2D eigenvalue weighted by Crippen LogP contribution is 2.28. The fourth-order valence-corrected chi connectivity index (χ4v) is 1.49. The number of nitro benzene ring substituents is 1. The van der Waals surface area contributed by atoms with Crippen LogP contribution in [0, 0.1) is 21.7 Å². The van der Waals surface area contributed by atoms with Crippen LogP contribution in [0.5, 0.6) is 0 Å². The van der Waals surface area contributed by atoms with E-state index in [0.29, 0.717) is 11.8 Å². The van der Waals surface area contributed by atoms with Gasteiger partial charge < -0.3 is 5.32 Å². The van der Waals surface area contributed by atoms with E-state index in [4.69, 9.17) is 0 Å². The van der Waals surface area contributed by atoms with E-state index in [1.165, 1.54) is 12.5 Å². The first-order valence-corrected chi connectivity index (χ1v) is 5.20. The van der Waals surface area contributed by atoms with E-state index in [1.807, 2.05) is 0 Å². The van der Waals surface area contributed by atoms with E-state index >= 15 is 0 Å². The molecule has 0 atom stereocenters. The van der Waals surface area contributed by atoms with Crippen molar-refractivity contribution in [2.45, 2.75) is 6.54 Å². The summed E-state index contributed by atoms with van der Waals surface area (Å²) >= 11 is 0. The summed E-state index contributed by atoms with van der Waals surface area (Å²) in [5.74, 6) is -2.12. The molecule has 0 aliphatic heterocycles. The molecule has 1 heterocycles. The van der Waals surface area contributed by atoms with Crippen molar-refractivity contribution in [3.05, 3.63) is 58.2 Å².